The summed E-state index contributed by atoms with van der Waals surface area (Å²) < 4.78 is 31.2. The molecule has 0 aliphatic carbocycles. The van der Waals surface area contributed by atoms with Crippen LogP contribution in [0, 0.1) is 0 Å². The fraction of sp³-hybridized carbons (Fsp3) is 1.00. The van der Waals surface area contributed by atoms with Gasteiger partial charge < -0.3 is 10.1 Å². The molecule has 2 nitrogen and oxygen atoms in total. The zero-order valence-corrected chi connectivity index (χ0v) is 10.2. The van der Waals surface area contributed by atoms with E-state index in [1.165, 1.54) is 0 Å². The van der Waals surface area contributed by atoms with Gasteiger partial charge in [-0.3, -0.25) is 0 Å². The van der Waals surface area contributed by atoms with E-state index in [-0.39, 0.29) is 12.0 Å². The number of nitrogens with one attached hydrogen (secondary N) is 1. The summed E-state index contributed by atoms with van der Waals surface area (Å²) in [6.45, 7) is 8.02. The number of halogens is 2. The van der Waals surface area contributed by atoms with Crippen LogP contribution in [-0.2, 0) is 4.74 Å². The Morgan fingerprint density at radius 2 is 1.80 bits per heavy atom. The van der Waals surface area contributed by atoms with Gasteiger partial charge in [0, 0.05) is 25.1 Å². The van der Waals surface area contributed by atoms with Gasteiger partial charge in [-0.15, -0.1) is 0 Å². The third kappa shape index (κ3) is 10.1. The van der Waals surface area contributed by atoms with Gasteiger partial charge in [-0.1, -0.05) is 6.92 Å². The van der Waals surface area contributed by atoms with Gasteiger partial charge in [-0.05, 0) is 27.2 Å². The highest BCUT2D eigenvalue weighted by Gasteiger charge is 2.29. The molecule has 0 fully saturated rings. The molecule has 4 heteroatoms. The molecule has 0 rings (SSSR count). The van der Waals surface area contributed by atoms with Crippen LogP contribution in [0.1, 0.15) is 40.5 Å². The summed E-state index contributed by atoms with van der Waals surface area (Å²) in [4.78, 5) is 0. The number of hydrogen-bond acceptors (Lipinski definition) is 2. The SMILES string of the molecule is CCCOCC(F)(F)CCNC(C)(C)C. The van der Waals surface area contributed by atoms with Crippen molar-refractivity contribution in [1.29, 1.82) is 0 Å². The second-order valence-corrected chi connectivity index (χ2v) is 4.84. The summed E-state index contributed by atoms with van der Waals surface area (Å²) in [7, 11) is 0. The lowest BCUT2D eigenvalue weighted by Crippen LogP contribution is -2.39. The summed E-state index contributed by atoms with van der Waals surface area (Å²) in [5.41, 5.74) is -0.111. The van der Waals surface area contributed by atoms with Gasteiger partial charge in [0.2, 0.25) is 0 Å². The fourth-order valence-electron chi connectivity index (χ4n) is 1.06. The smallest absolute Gasteiger partial charge is 0.272 e. The molecule has 0 unspecified atom stereocenters. The molecule has 0 aromatic carbocycles. The van der Waals surface area contributed by atoms with E-state index in [0.717, 1.165) is 6.42 Å². The number of alkyl halides is 2. The van der Waals surface area contributed by atoms with E-state index in [9.17, 15) is 8.78 Å². The van der Waals surface area contributed by atoms with E-state index in [0.29, 0.717) is 13.2 Å². The third-order valence-corrected chi connectivity index (χ3v) is 1.81. The third-order valence-electron chi connectivity index (χ3n) is 1.81. The molecule has 0 aliphatic heterocycles. The Kier molecular flexibility index (Phi) is 6.29. The second-order valence-electron chi connectivity index (χ2n) is 4.84. The molecule has 0 spiro atoms. The largest absolute Gasteiger partial charge is 0.375 e. The minimum atomic E-state index is -2.71. The minimum Gasteiger partial charge on any atom is -0.375 e. The predicted octanol–water partition coefficient (Wildman–Crippen LogP) is 2.83. The fourth-order valence-corrected chi connectivity index (χ4v) is 1.06. The lowest BCUT2D eigenvalue weighted by molar-refractivity contribution is -0.0818. The van der Waals surface area contributed by atoms with Gasteiger partial charge >= 0.3 is 0 Å². The number of hydrogen-bond donors (Lipinski definition) is 1. The van der Waals surface area contributed by atoms with E-state index in [4.69, 9.17) is 4.74 Å². The lowest BCUT2D eigenvalue weighted by Gasteiger charge is -2.23. The van der Waals surface area contributed by atoms with Crippen LogP contribution in [0.4, 0.5) is 8.78 Å². The van der Waals surface area contributed by atoms with Crippen LogP contribution >= 0.6 is 0 Å². The van der Waals surface area contributed by atoms with Crippen LogP contribution in [0.2, 0.25) is 0 Å². The van der Waals surface area contributed by atoms with Crippen molar-refractivity contribution in [2.75, 3.05) is 19.8 Å². The first-order valence-electron chi connectivity index (χ1n) is 5.47. The first-order chi connectivity index (χ1) is 6.77. The Morgan fingerprint density at radius 3 is 2.27 bits per heavy atom. The van der Waals surface area contributed by atoms with Crippen molar-refractivity contribution in [2.45, 2.75) is 52.0 Å². The molecule has 0 saturated carbocycles. The minimum absolute atomic E-state index is 0.111. The molecule has 92 valence electrons. The average Bonchev–Trinajstić information content (AvgIpc) is 2.01. The van der Waals surface area contributed by atoms with Crippen molar-refractivity contribution in [3.63, 3.8) is 0 Å². The van der Waals surface area contributed by atoms with Crippen LogP contribution in [0.5, 0.6) is 0 Å². The first kappa shape index (κ1) is 14.8. The van der Waals surface area contributed by atoms with Gasteiger partial charge in [0.25, 0.3) is 5.92 Å². The maximum Gasteiger partial charge on any atom is 0.272 e. The molecule has 0 saturated heterocycles. The molecule has 1 N–H and O–H groups in total. The van der Waals surface area contributed by atoms with Crippen molar-refractivity contribution >= 4 is 0 Å². The summed E-state index contributed by atoms with van der Waals surface area (Å²) in [6.07, 6.45) is 0.601. The van der Waals surface area contributed by atoms with Gasteiger partial charge in [0.15, 0.2) is 0 Å². The number of rotatable bonds is 7. The molecular formula is C11H23F2NO. The Balaban J connectivity index is 3.64. The standard InChI is InChI=1S/C11H23F2NO/c1-5-8-15-9-11(12,13)6-7-14-10(2,3)4/h14H,5-9H2,1-4H3. The molecular weight excluding hydrogens is 200 g/mol. The average molecular weight is 223 g/mol. The van der Waals surface area contributed by atoms with Crippen molar-refractivity contribution in [3.8, 4) is 0 Å². The molecule has 0 aromatic rings. The zero-order valence-electron chi connectivity index (χ0n) is 10.2. The van der Waals surface area contributed by atoms with Crippen molar-refractivity contribution < 1.29 is 13.5 Å². The monoisotopic (exact) mass is 223 g/mol. The van der Waals surface area contributed by atoms with E-state index in [1.807, 2.05) is 27.7 Å². The van der Waals surface area contributed by atoms with Crippen LogP contribution in [0.3, 0.4) is 0 Å². The maximum atomic E-state index is 13.2. The van der Waals surface area contributed by atoms with Crippen LogP contribution < -0.4 is 5.32 Å². The van der Waals surface area contributed by atoms with Crippen molar-refractivity contribution in [2.24, 2.45) is 0 Å². The molecule has 0 aliphatic rings. The lowest BCUT2D eigenvalue weighted by atomic mass is 10.1. The molecule has 15 heavy (non-hydrogen) atoms. The highest BCUT2D eigenvalue weighted by molar-refractivity contribution is 4.73. The maximum absolute atomic E-state index is 13.2. The van der Waals surface area contributed by atoms with E-state index < -0.39 is 12.5 Å². The normalized spacial score (nSPS) is 13.2. The van der Waals surface area contributed by atoms with Crippen LogP contribution in [0.25, 0.3) is 0 Å². The molecule has 0 radical (unpaired) electrons. The van der Waals surface area contributed by atoms with Gasteiger partial charge in [-0.25, -0.2) is 8.78 Å². The Hall–Kier alpha value is -0.220. The molecule has 0 aromatic heterocycles. The Morgan fingerprint density at radius 1 is 1.20 bits per heavy atom. The van der Waals surface area contributed by atoms with E-state index in [1.54, 1.807) is 0 Å². The highest BCUT2D eigenvalue weighted by atomic mass is 19.3. The van der Waals surface area contributed by atoms with Crippen LogP contribution in [-0.4, -0.2) is 31.2 Å². The highest BCUT2D eigenvalue weighted by Crippen LogP contribution is 2.18. The van der Waals surface area contributed by atoms with Gasteiger partial charge in [0.1, 0.15) is 6.61 Å². The summed E-state index contributed by atoms with van der Waals surface area (Å²) in [5, 5.41) is 3.03. The molecule has 0 atom stereocenters. The van der Waals surface area contributed by atoms with E-state index in [2.05, 4.69) is 5.32 Å². The summed E-state index contributed by atoms with van der Waals surface area (Å²) in [5.74, 6) is -2.71. The van der Waals surface area contributed by atoms with Gasteiger partial charge in [-0.2, -0.15) is 0 Å². The van der Waals surface area contributed by atoms with Crippen molar-refractivity contribution in [1.82, 2.24) is 5.32 Å². The predicted molar refractivity (Wildman–Crippen MR) is 58.4 cm³/mol. The summed E-state index contributed by atoms with van der Waals surface area (Å²) in [6, 6.07) is 0. The molecule has 0 bridgehead atoms. The second kappa shape index (κ2) is 6.38. The van der Waals surface area contributed by atoms with Crippen LogP contribution in [0.15, 0.2) is 0 Å². The Bertz CT molecular complexity index is 166. The Labute approximate surface area is 91.4 Å². The zero-order chi connectivity index (χ0) is 11.9. The van der Waals surface area contributed by atoms with E-state index >= 15 is 0 Å². The summed E-state index contributed by atoms with van der Waals surface area (Å²) >= 11 is 0. The van der Waals surface area contributed by atoms with Gasteiger partial charge in [0.05, 0.1) is 0 Å². The molecule has 0 heterocycles. The topological polar surface area (TPSA) is 21.3 Å². The molecule has 0 amide bonds. The number of ether oxygens (including phenoxy) is 1. The van der Waals surface area contributed by atoms with Crippen molar-refractivity contribution in [3.05, 3.63) is 0 Å². The quantitative estimate of drug-likeness (QED) is 0.670. The first-order valence-corrected chi connectivity index (χ1v) is 5.47.